The van der Waals surface area contributed by atoms with Crippen molar-refractivity contribution in [3.63, 3.8) is 0 Å². The van der Waals surface area contributed by atoms with Gasteiger partial charge in [0.2, 0.25) is 0 Å². The minimum Gasteiger partial charge on any atom is -0.346 e. The number of hydrogen-bond acceptors (Lipinski definition) is 4. The number of aromatic amines is 1. The lowest BCUT2D eigenvalue weighted by Crippen LogP contribution is -2.23. The Kier molecular flexibility index (Phi) is 3.30. The zero-order valence-corrected chi connectivity index (χ0v) is 11.2. The Balaban J connectivity index is 1.87. The highest BCUT2D eigenvalue weighted by Crippen LogP contribution is 2.13. The van der Waals surface area contributed by atoms with Crippen molar-refractivity contribution in [1.82, 2.24) is 15.5 Å². The van der Waals surface area contributed by atoms with Crippen LogP contribution in [0, 0.1) is 0 Å². The van der Waals surface area contributed by atoms with Crippen LogP contribution in [-0.2, 0) is 6.54 Å². The summed E-state index contributed by atoms with van der Waals surface area (Å²) in [5.74, 6) is -0.142. The lowest BCUT2D eigenvalue weighted by molar-refractivity contribution is 0.0954. The molecule has 0 bridgehead atoms. The van der Waals surface area contributed by atoms with Gasteiger partial charge >= 0.3 is 0 Å². The van der Waals surface area contributed by atoms with Crippen molar-refractivity contribution in [2.45, 2.75) is 6.54 Å². The normalized spacial score (nSPS) is 10.6. The summed E-state index contributed by atoms with van der Waals surface area (Å²) in [4.78, 5) is 24.2. The molecule has 100 valence electrons. The fraction of sp³-hybridized carbons (Fsp3) is 0.0714. The molecule has 0 atom stereocenters. The molecule has 0 spiro atoms. The first-order valence-corrected chi connectivity index (χ1v) is 6.91. The first-order chi connectivity index (χ1) is 9.75. The second-order valence-corrected chi connectivity index (χ2v) is 5.15. The van der Waals surface area contributed by atoms with Crippen molar-refractivity contribution in [2.75, 3.05) is 0 Å². The molecule has 0 saturated carbocycles. The minimum absolute atomic E-state index is 0.142. The zero-order valence-electron chi connectivity index (χ0n) is 10.4. The van der Waals surface area contributed by atoms with Gasteiger partial charge in [-0.05, 0) is 17.5 Å². The summed E-state index contributed by atoms with van der Waals surface area (Å²) in [6.07, 6.45) is 0. The number of benzene rings is 1. The van der Waals surface area contributed by atoms with E-state index >= 15 is 0 Å². The summed E-state index contributed by atoms with van der Waals surface area (Å²) >= 11 is 1.38. The van der Waals surface area contributed by atoms with E-state index in [1.54, 1.807) is 18.2 Å². The van der Waals surface area contributed by atoms with Crippen LogP contribution in [0.2, 0.25) is 0 Å². The molecule has 2 N–H and O–H groups in total. The van der Waals surface area contributed by atoms with Gasteiger partial charge in [-0.15, -0.1) is 11.3 Å². The number of carbonyl (C=O) groups is 1. The average molecular weight is 285 g/mol. The Morgan fingerprint density at radius 1 is 1.20 bits per heavy atom. The van der Waals surface area contributed by atoms with E-state index in [9.17, 15) is 9.59 Å². The summed E-state index contributed by atoms with van der Waals surface area (Å²) in [5.41, 5.74) is 0.416. The van der Waals surface area contributed by atoms with Crippen LogP contribution < -0.4 is 10.9 Å². The van der Waals surface area contributed by atoms with Gasteiger partial charge in [-0.1, -0.05) is 24.3 Å². The maximum atomic E-state index is 11.9. The summed E-state index contributed by atoms with van der Waals surface area (Å²) in [6, 6.07) is 10.8. The summed E-state index contributed by atoms with van der Waals surface area (Å²) < 4.78 is 0. The first kappa shape index (κ1) is 12.6. The van der Waals surface area contributed by atoms with Crippen LogP contribution in [0.3, 0.4) is 0 Å². The van der Waals surface area contributed by atoms with Gasteiger partial charge in [0.15, 0.2) is 0 Å². The van der Waals surface area contributed by atoms with Gasteiger partial charge in [-0.25, -0.2) is 5.10 Å². The Labute approximate surface area is 118 Å². The van der Waals surface area contributed by atoms with Crippen molar-refractivity contribution >= 4 is 28.0 Å². The number of aromatic nitrogens is 2. The maximum absolute atomic E-state index is 11.9. The maximum Gasteiger partial charge on any atom is 0.272 e. The Bertz CT molecular complexity index is 809. The van der Waals surface area contributed by atoms with Crippen LogP contribution in [0.5, 0.6) is 0 Å². The molecule has 0 aliphatic rings. The van der Waals surface area contributed by atoms with Gasteiger partial charge in [0.1, 0.15) is 0 Å². The number of hydrogen-bond donors (Lipinski definition) is 2. The fourth-order valence-electron chi connectivity index (χ4n) is 1.97. The van der Waals surface area contributed by atoms with E-state index in [2.05, 4.69) is 15.5 Å². The molecule has 3 aromatic rings. The van der Waals surface area contributed by atoms with Crippen molar-refractivity contribution in [3.8, 4) is 0 Å². The SMILES string of the molecule is O=C(NCc1n[nH]c(=O)c2ccccc12)c1cccs1. The molecule has 1 aromatic carbocycles. The molecule has 5 nitrogen and oxygen atoms in total. The van der Waals surface area contributed by atoms with Crippen molar-refractivity contribution in [2.24, 2.45) is 0 Å². The van der Waals surface area contributed by atoms with Gasteiger partial charge in [0, 0.05) is 5.39 Å². The number of nitrogens with one attached hydrogen (secondary N) is 2. The number of nitrogens with zero attached hydrogens (tertiary/aromatic N) is 1. The van der Waals surface area contributed by atoms with E-state index < -0.39 is 0 Å². The molecule has 1 amide bonds. The standard InChI is InChI=1S/C14H11N3O2S/c18-13-10-5-2-1-4-9(10)11(16-17-13)8-15-14(19)12-6-3-7-20-12/h1-7H,8H2,(H,15,19)(H,17,18). The van der Waals surface area contributed by atoms with Crippen LogP contribution in [0.1, 0.15) is 15.4 Å². The number of rotatable bonds is 3. The second-order valence-electron chi connectivity index (χ2n) is 4.20. The van der Waals surface area contributed by atoms with Gasteiger partial charge in [0.25, 0.3) is 11.5 Å². The van der Waals surface area contributed by atoms with E-state index in [4.69, 9.17) is 0 Å². The Hall–Kier alpha value is -2.47. The number of H-pyrrole nitrogens is 1. The third kappa shape index (κ3) is 2.33. The lowest BCUT2D eigenvalue weighted by atomic mass is 10.1. The highest BCUT2D eigenvalue weighted by molar-refractivity contribution is 7.12. The van der Waals surface area contributed by atoms with Crippen molar-refractivity contribution < 1.29 is 4.79 Å². The first-order valence-electron chi connectivity index (χ1n) is 6.04. The molecule has 0 aliphatic carbocycles. The highest BCUT2D eigenvalue weighted by Gasteiger charge is 2.09. The van der Waals surface area contributed by atoms with E-state index in [1.165, 1.54) is 11.3 Å². The highest BCUT2D eigenvalue weighted by atomic mass is 32.1. The number of amides is 1. The molecule has 3 rings (SSSR count). The van der Waals surface area contributed by atoms with E-state index in [1.807, 2.05) is 23.6 Å². The van der Waals surface area contributed by atoms with Crippen LogP contribution in [0.15, 0.2) is 46.6 Å². The van der Waals surface area contributed by atoms with E-state index in [-0.39, 0.29) is 18.0 Å². The summed E-state index contributed by atoms with van der Waals surface area (Å²) in [5, 5.41) is 12.4. The Morgan fingerprint density at radius 3 is 2.75 bits per heavy atom. The molecule has 0 fully saturated rings. The topological polar surface area (TPSA) is 74.8 Å². The van der Waals surface area contributed by atoms with Crippen LogP contribution >= 0.6 is 11.3 Å². The molecule has 6 heteroatoms. The Morgan fingerprint density at radius 2 is 2.00 bits per heavy atom. The predicted molar refractivity (Wildman–Crippen MR) is 77.9 cm³/mol. The van der Waals surface area contributed by atoms with Crippen molar-refractivity contribution in [1.29, 1.82) is 0 Å². The third-order valence-electron chi connectivity index (χ3n) is 2.94. The van der Waals surface area contributed by atoms with Gasteiger partial charge < -0.3 is 5.32 Å². The molecule has 2 aromatic heterocycles. The molecule has 0 aliphatic heterocycles. The molecule has 0 radical (unpaired) electrons. The predicted octanol–water partition coefficient (Wildman–Crippen LogP) is 1.91. The van der Waals surface area contributed by atoms with Crippen molar-refractivity contribution in [3.05, 3.63) is 62.7 Å². The monoisotopic (exact) mass is 285 g/mol. The molecular formula is C14H11N3O2S. The van der Waals surface area contributed by atoms with E-state index in [0.717, 1.165) is 5.39 Å². The van der Waals surface area contributed by atoms with Gasteiger partial charge in [0.05, 0.1) is 22.5 Å². The van der Waals surface area contributed by atoms with Crippen LogP contribution in [0.4, 0.5) is 0 Å². The molecular weight excluding hydrogens is 274 g/mol. The third-order valence-corrected chi connectivity index (χ3v) is 3.80. The molecule has 0 unspecified atom stereocenters. The number of thiophene rings is 1. The van der Waals surface area contributed by atoms with Gasteiger partial charge in [-0.2, -0.15) is 5.10 Å². The fourth-order valence-corrected chi connectivity index (χ4v) is 2.61. The second kappa shape index (κ2) is 5.26. The quantitative estimate of drug-likeness (QED) is 0.772. The van der Waals surface area contributed by atoms with Gasteiger partial charge in [-0.3, -0.25) is 9.59 Å². The number of fused-ring (bicyclic) bond motifs is 1. The molecule has 20 heavy (non-hydrogen) atoms. The number of carbonyl (C=O) groups excluding carboxylic acids is 1. The molecule has 2 heterocycles. The summed E-state index contributed by atoms with van der Waals surface area (Å²) in [7, 11) is 0. The van der Waals surface area contributed by atoms with E-state index in [0.29, 0.717) is 16.0 Å². The zero-order chi connectivity index (χ0) is 13.9. The minimum atomic E-state index is -0.228. The summed E-state index contributed by atoms with van der Waals surface area (Å²) in [6.45, 7) is 0.272. The van der Waals surface area contributed by atoms with Crippen LogP contribution in [0.25, 0.3) is 10.8 Å². The molecule has 0 saturated heterocycles. The smallest absolute Gasteiger partial charge is 0.272 e. The average Bonchev–Trinajstić information content (AvgIpc) is 3.01. The largest absolute Gasteiger partial charge is 0.346 e. The lowest BCUT2D eigenvalue weighted by Gasteiger charge is -2.06. The van der Waals surface area contributed by atoms with Crippen LogP contribution in [-0.4, -0.2) is 16.1 Å².